The first-order chi connectivity index (χ1) is 9.24. The molecule has 19 heavy (non-hydrogen) atoms. The lowest BCUT2D eigenvalue weighted by atomic mass is 9.94. The van der Waals surface area contributed by atoms with Crippen LogP contribution in [0.5, 0.6) is 0 Å². The second-order valence-corrected chi connectivity index (χ2v) is 5.65. The van der Waals surface area contributed by atoms with E-state index < -0.39 is 5.97 Å². The number of carbonyl (C=O) groups is 1. The van der Waals surface area contributed by atoms with Gasteiger partial charge in [0.15, 0.2) is 0 Å². The molecule has 4 rings (SSSR count). The maximum Gasteiger partial charge on any atom is 0.336 e. The van der Waals surface area contributed by atoms with Crippen LogP contribution in [0, 0.1) is 5.92 Å². The number of rotatable bonds is 3. The van der Waals surface area contributed by atoms with E-state index in [0.717, 1.165) is 37.7 Å². The van der Waals surface area contributed by atoms with E-state index in [2.05, 4.69) is 10.2 Å². The number of carboxylic acids is 1. The van der Waals surface area contributed by atoms with Crippen LogP contribution in [0.25, 0.3) is 0 Å². The standard InChI is InChI=1S/C15H20N2O2/c18-15(19)14-4-2-1-3-12(14)10-17-9-11-5-6-13(17)8-16-7-11/h1-4,11,13,16H,5-10H2,(H,18,19)/t11-,13+/m1/s1. The molecule has 0 amide bonds. The zero-order valence-electron chi connectivity index (χ0n) is 11.0. The van der Waals surface area contributed by atoms with E-state index in [4.69, 9.17) is 0 Å². The summed E-state index contributed by atoms with van der Waals surface area (Å²) < 4.78 is 0. The van der Waals surface area contributed by atoms with E-state index in [1.165, 1.54) is 12.8 Å². The molecule has 0 radical (unpaired) electrons. The molecule has 1 aromatic rings. The van der Waals surface area contributed by atoms with Gasteiger partial charge in [-0.3, -0.25) is 4.90 Å². The summed E-state index contributed by atoms with van der Waals surface area (Å²) in [5.74, 6) is -0.107. The average molecular weight is 260 g/mol. The number of carboxylic acid groups (broad SMARTS) is 1. The minimum atomic E-state index is -0.825. The third kappa shape index (κ3) is 2.65. The molecule has 0 aromatic heterocycles. The van der Waals surface area contributed by atoms with Gasteiger partial charge in [-0.15, -0.1) is 0 Å². The number of aromatic carboxylic acids is 1. The Morgan fingerprint density at radius 1 is 1.32 bits per heavy atom. The molecule has 0 saturated carbocycles. The first kappa shape index (κ1) is 12.6. The number of nitrogens with zero attached hydrogens (tertiary/aromatic N) is 1. The molecule has 102 valence electrons. The minimum Gasteiger partial charge on any atom is -0.478 e. The number of hydrogen-bond donors (Lipinski definition) is 2. The van der Waals surface area contributed by atoms with E-state index in [-0.39, 0.29) is 0 Å². The van der Waals surface area contributed by atoms with E-state index >= 15 is 0 Å². The molecule has 0 spiro atoms. The van der Waals surface area contributed by atoms with E-state index in [0.29, 0.717) is 11.6 Å². The highest BCUT2D eigenvalue weighted by molar-refractivity contribution is 5.89. The maximum atomic E-state index is 11.3. The van der Waals surface area contributed by atoms with Gasteiger partial charge in [-0.2, -0.15) is 0 Å². The lowest BCUT2D eigenvalue weighted by Crippen LogP contribution is -2.43. The largest absolute Gasteiger partial charge is 0.478 e. The molecule has 1 aromatic carbocycles. The van der Waals surface area contributed by atoms with Crippen LogP contribution in [0.4, 0.5) is 0 Å². The SMILES string of the molecule is O=C(O)c1ccccc1CN1C[C@@H]2CC[C@H]1CNC2. The summed E-state index contributed by atoms with van der Waals surface area (Å²) in [7, 11) is 0. The molecule has 3 heterocycles. The summed E-state index contributed by atoms with van der Waals surface area (Å²) in [4.78, 5) is 13.7. The van der Waals surface area contributed by atoms with Gasteiger partial charge in [-0.1, -0.05) is 18.2 Å². The Kier molecular flexibility index (Phi) is 3.53. The first-order valence-corrected chi connectivity index (χ1v) is 7.00. The van der Waals surface area contributed by atoms with Gasteiger partial charge < -0.3 is 10.4 Å². The van der Waals surface area contributed by atoms with Crippen molar-refractivity contribution in [3.05, 3.63) is 35.4 Å². The van der Waals surface area contributed by atoms with Gasteiger partial charge in [0.1, 0.15) is 0 Å². The molecule has 3 aliphatic heterocycles. The second kappa shape index (κ2) is 5.31. The van der Waals surface area contributed by atoms with Crippen molar-refractivity contribution in [2.24, 2.45) is 5.92 Å². The third-order valence-electron chi connectivity index (χ3n) is 4.35. The Bertz CT molecular complexity index is 471. The number of piperidine rings is 1. The summed E-state index contributed by atoms with van der Waals surface area (Å²) in [6, 6.07) is 7.92. The summed E-state index contributed by atoms with van der Waals surface area (Å²) >= 11 is 0. The molecular weight excluding hydrogens is 240 g/mol. The molecule has 2 N–H and O–H groups in total. The van der Waals surface area contributed by atoms with Crippen molar-refractivity contribution in [2.75, 3.05) is 19.6 Å². The molecule has 4 nitrogen and oxygen atoms in total. The summed E-state index contributed by atoms with van der Waals surface area (Å²) in [5.41, 5.74) is 1.37. The molecule has 3 aliphatic rings. The topological polar surface area (TPSA) is 52.6 Å². The van der Waals surface area contributed by atoms with Crippen LogP contribution in [0.15, 0.2) is 24.3 Å². The highest BCUT2D eigenvalue weighted by atomic mass is 16.4. The zero-order chi connectivity index (χ0) is 13.2. The van der Waals surface area contributed by atoms with E-state index in [9.17, 15) is 9.90 Å². The zero-order valence-corrected chi connectivity index (χ0v) is 11.0. The minimum absolute atomic E-state index is 0.440. The van der Waals surface area contributed by atoms with Crippen molar-refractivity contribution in [1.29, 1.82) is 0 Å². The van der Waals surface area contributed by atoms with Gasteiger partial charge in [0.05, 0.1) is 5.56 Å². The van der Waals surface area contributed by atoms with E-state index in [1.54, 1.807) is 12.1 Å². The molecule has 2 bridgehead atoms. The van der Waals surface area contributed by atoms with Gasteiger partial charge in [-0.25, -0.2) is 4.79 Å². The maximum absolute atomic E-state index is 11.3. The van der Waals surface area contributed by atoms with Crippen LogP contribution >= 0.6 is 0 Å². The Morgan fingerprint density at radius 2 is 2.16 bits per heavy atom. The first-order valence-electron chi connectivity index (χ1n) is 7.00. The molecule has 3 fully saturated rings. The van der Waals surface area contributed by atoms with Crippen LogP contribution in [-0.4, -0.2) is 41.7 Å². The predicted octanol–water partition coefficient (Wildman–Crippen LogP) is 1.57. The normalized spacial score (nSPS) is 27.2. The molecule has 3 saturated heterocycles. The van der Waals surface area contributed by atoms with Gasteiger partial charge in [0.25, 0.3) is 0 Å². The van der Waals surface area contributed by atoms with Crippen molar-refractivity contribution >= 4 is 5.97 Å². The Labute approximate surface area is 113 Å². The lowest BCUT2D eigenvalue weighted by Gasteiger charge is -2.36. The van der Waals surface area contributed by atoms with Crippen LogP contribution < -0.4 is 5.32 Å². The smallest absolute Gasteiger partial charge is 0.336 e. The summed E-state index contributed by atoms with van der Waals surface area (Å²) in [5, 5.41) is 12.8. The fourth-order valence-electron chi connectivity index (χ4n) is 3.31. The van der Waals surface area contributed by atoms with Crippen LogP contribution in [0.3, 0.4) is 0 Å². The summed E-state index contributed by atoms with van der Waals surface area (Å²) in [6.45, 7) is 3.98. The van der Waals surface area contributed by atoms with Crippen molar-refractivity contribution in [1.82, 2.24) is 10.2 Å². The summed E-state index contributed by atoms with van der Waals surface area (Å²) in [6.07, 6.45) is 2.53. The molecule has 2 atom stereocenters. The predicted molar refractivity (Wildman–Crippen MR) is 73.2 cm³/mol. The lowest BCUT2D eigenvalue weighted by molar-refractivity contribution is 0.0691. The monoisotopic (exact) mass is 260 g/mol. The Hall–Kier alpha value is -1.39. The Balaban J connectivity index is 1.80. The highest BCUT2D eigenvalue weighted by Crippen LogP contribution is 2.26. The van der Waals surface area contributed by atoms with Gasteiger partial charge in [-0.05, 0) is 36.9 Å². The fraction of sp³-hybridized carbons (Fsp3) is 0.533. The molecule has 4 heteroatoms. The number of hydrogen-bond acceptors (Lipinski definition) is 3. The van der Waals surface area contributed by atoms with Crippen LogP contribution in [0.2, 0.25) is 0 Å². The van der Waals surface area contributed by atoms with E-state index in [1.807, 2.05) is 12.1 Å². The quantitative estimate of drug-likeness (QED) is 0.866. The van der Waals surface area contributed by atoms with Gasteiger partial charge in [0, 0.05) is 25.7 Å². The number of benzene rings is 1. The van der Waals surface area contributed by atoms with Gasteiger partial charge >= 0.3 is 5.97 Å². The van der Waals surface area contributed by atoms with Crippen LogP contribution in [0.1, 0.15) is 28.8 Å². The van der Waals surface area contributed by atoms with Gasteiger partial charge in [0.2, 0.25) is 0 Å². The molecule has 0 unspecified atom stereocenters. The van der Waals surface area contributed by atoms with Crippen molar-refractivity contribution < 1.29 is 9.90 Å². The molecule has 0 aliphatic carbocycles. The number of fused-ring (bicyclic) bond motifs is 4. The van der Waals surface area contributed by atoms with Crippen molar-refractivity contribution in [3.8, 4) is 0 Å². The van der Waals surface area contributed by atoms with Crippen LogP contribution in [-0.2, 0) is 6.54 Å². The number of nitrogens with one attached hydrogen (secondary N) is 1. The Morgan fingerprint density at radius 3 is 3.00 bits per heavy atom. The molecular formula is C15H20N2O2. The fourth-order valence-corrected chi connectivity index (χ4v) is 3.31. The third-order valence-corrected chi connectivity index (χ3v) is 4.35. The average Bonchev–Trinajstić information content (AvgIpc) is 2.74. The highest BCUT2D eigenvalue weighted by Gasteiger charge is 2.31. The second-order valence-electron chi connectivity index (χ2n) is 5.65. The van der Waals surface area contributed by atoms with Crippen molar-refractivity contribution in [3.63, 3.8) is 0 Å². The van der Waals surface area contributed by atoms with Crippen molar-refractivity contribution in [2.45, 2.75) is 25.4 Å².